The van der Waals surface area contributed by atoms with Crippen molar-refractivity contribution >= 4 is 5.84 Å². The monoisotopic (exact) mass is 190 g/mol. The topological polar surface area (TPSA) is 24.4 Å². The summed E-state index contributed by atoms with van der Waals surface area (Å²) in [5, 5.41) is 3.00. The Labute approximate surface area is 82.2 Å². The number of hydrogen-bond donors (Lipinski definition) is 1. The molecule has 1 unspecified atom stereocenters. The summed E-state index contributed by atoms with van der Waals surface area (Å²) < 4.78 is 12.9. The highest BCUT2D eigenvalue weighted by Gasteiger charge is 2.07. The van der Waals surface area contributed by atoms with Gasteiger partial charge in [0.2, 0.25) is 0 Å². The van der Waals surface area contributed by atoms with E-state index in [1.54, 1.807) is 6.07 Å². The van der Waals surface area contributed by atoms with Gasteiger partial charge in [0.1, 0.15) is 11.7 Å². The molecule has 3 heteroatoms. The highest BCUT2D eigenvalue weighted by Crippen LogP contribution is 2.07. The van der Waals surface area contributed by atoms with Gasteiger partial charge >= 0.3 is 0 Å². The van der Waals surface area contributed by atoms with Gasteiger partial charge in [-0.2, -0.15) is 0 Å². The lowest BCUT2D eigenvalue weighted by atomic mass is 10.2. The van der Waals surface area contributed by atoms with E-state index in [1.807, 2.05) is 25.3 Å². The first kappa shape index (κ1) is 8.94. The van der Waals surface area contributed by atoms with Crippen LogP contribution in [0.4, 0.5) is 4.39 Å². The van der Waals surface area contributed by atoms with Gasteiger partial charge in [-0.1, -0.05) is 12.1 Å². The molecule has 0 bridgehead atoms. The molecule has 2 nitrogen and oxygen atoms in total. The van der Waals surface area contributed by atoms with E-state index in [2.05, 4.69) is 10.3 Å². The third-order valence-electron chi connectivity index (χ3n) is 2.03. The molecular weight excluding hydrogens is 179 g/mol. The van der Waals surface area contributed by atoms with Crippen molar-refractivity contribution in [1.29, 1.82) is 0 Å². The Morgan fingerprint density at radius 2 is 2.29 bits per heavy atom. The zero-order chi connectivity index (χ0) is 9.97. The molecule has 0 fully saturated rings. The molecule has 14 heavy (non-hydrogen) atoms. The fourth-order valence-electron chi connectivity index (χ4n) is 1.34. The van der Waals surface area contributed by atoms with Crippen LogP contribution in [0.2, 0.25) is 0 Å². The van der Waals surface area contributed by atoms with Crippen LogP contribution in [0.5, 0.6) is 0 Å². The van der Waals surface area contributed by atoms with Gasteiger partial charge in [0.05, 0.1) is 6.04 Å². The summed E-state index contributed by atoms with van der Waals surface area (Å²) in [5.74, 6) is 0.480. The molecule has 1 heterocycles. The summed E-state index contributed by atoms with van der Waals surface area (Å²) in [4.78, 5) is 4.35. The van der Waals surface area contributed by atoms with Crippen LogP contribution in [0.1, 0.15) is 12.5 Å². The van der Waals surface area contributed by atoms with E-state index in [9.17, 15) is 4.39 Å². The van der Waals surface area contributed by atoms with E-state index in [1.165, 1.54) is 12.1 Å². The van der Waals surface area contributed by atoms with E-state index < -0.39 is 0 Å². The Bertz CT molecular complexity index is 396. The van der Waals surface area contributed by atoms with Crippen LogP contribution in [0.3, 0.4) is 0 Å². The molecule has 1 N–H and O–H groups in total. The van der Waals surface area contributed by atoms with Crippen molar-refractivity contribution in [3.8, 4) is 0 Å². The minimum absolute atomic E-state index is 0.148. The first-order valence-electron chi connectivity index (χ1n) is 4.52. The predicted octanol–water partition coefficient (Wildman–Crippen LogP) is 2.08. The molecule has 1 aromatic rings. The normalized spacial score (nSPS) is 20.1. The van der Waals surface area contributed by atoms with Gasteiger partial charge in [0, 0.05) is 11.8 Å². The standard InChI is InChI=1S/C11H11FN2/c1-8-5-6-13-11(14-8)9-3-2-4-10(12)7-9/h2-8H,1H3,(H,13,14). The van der Waals surface area contributed by atoms with Crippen LogP contribution in [0, 0.1) is 5.82 Å². The van der Waals surface area contributed by atoms with E-state index in [0.29, 0.717) is 0 Å². The quantitative estimate of drug-likeness (QED) is 0.720. The van der Waals surface area contributed by atoms with Crippen LogP contribution in [-0.2, 0) is 0 Å². The Morgan fingerprint density at radius 3 is 3.00 bits per heavy atom. The molecular formula is C11H11FN2. The van der Waals surface area contributed by atoms with Crippen molar-refractivity contribution in [2.24, 2.45) is 4.99 Å². The molecule has 2 rings (SSSR count). The van der Waals surface area contributed by atoms with Gasteiger partial charge < -0.3 is 5.32 Å². The summed E-state index contributed by atoms with van der Waals surface area (Å²) in [6.45, 7) is 1.98. The molecule has 72 valence electrons. The molecule has 1 atom stereocenters. The fraction of sp³-hybridized carbons (Fsp3) is 0.182. The predicted molar refractivity (Wildman–Crippen MR) is 54.7 cm³/mol. The van der Waals surface area contributed by atoms with E-state index in [4.69, 9.17) is 0 Å². The maximum Gasteiger partial charge on any atom is 0.132 e. The second-order valence-electron chi connectivity index (χ2n) is 3.23. The maximum absolute atomic E-state index is 12.9. The summed E-state index contributed by atoms with van der Waals surface area (Å²) >= 11 is 0. The highest BCUT2D eigenvalue weighted by molar-refractivity contribution is 5.99. The van der Waals surface area contributed by atoms with Crippen molar-refractivity contribution in [3.05, 3.63) is 47.9 Å². The van der Waals surface area contributed by atoms with E-state index in [0.717, 1.165) is 11.4 Å². The van der Waals surface area contributed by atoms with Crippen LogP contribution < -0.4 is 5.32 Å². The van der Waals surface area contributed by atoms with Crippen molar-refractivity contribution in [2.45, 2.75) is 13.0 Å². The zero-order valence-corrected chi connectivity index (χ0v) is 7.87. The average Bonchev–Trinajstić information content (AvgIpc) is 2.18. The SMILES string of the molecule is CC1C=CNC(c2cccc(F)c2)=N1. The number of halogens is 1. The van der Waals surface area contributed by atoms with Crippen LogP contribution in [-0.4, -0.2) is 11.9 Å². The number of nitrogens with zero attached hydrogens (tertiary/aromatic N) is 1. The average molecular weight is 190 g/mol. The van der Waals surface area contributed by atoms with E-state index in [-0.39, 0.29) is 11.9 Å². The molecule has 0 saturated carbocycles. The minimum Gasteiger partial charge on any atom is -0.347 e. The third-order valence-corrected chi connectivity index (χ3v) is 2.03. The molecule has 1 aliphatic rings. The highest BCUT2D eigenvalue weighted by atomic mass is 19.1. The van der Waals surface area contributed by atoms with Crippen LogP contribution in [0.25, 0.3) is 0 Å². The second-order valence-corrected chi connectivity index (χ2v) is 3.23. The van der Waals surface area contributed by atoms with Crippen molar-refractivity contribution < 1.29 is 4.39 Å². The fourth-order valence-corrected chi connectivity index (χ4v) is 1.34. The number of nitrogens with one attached hydrogen (secondary N) is 1. The smallest absolute Gasteiger partial charge is 0.132 e. The molecule has 1 aromatic carbocycles. The van der Waals surface area contributed by atoms with Crippen LogP contribution >= 0.6 is 0 Å². The lowest BCUT2D eigenvalue weighted by molar-refractivity contribution is 0.627. The molecule has 0 spiro atoms. The number of aliphatic imine (C=N–C) groups is 1. The summed E-state index contributed by atoms with van der Waals surface area (Å²) in [7, 11) is 0. The molecule has 0 amide bonds. The maximum atomic E-state index is 12.9. The van der Waals surface area contributed by atoms with Crippen molar-refractivity contribution in [2.75, 3.05) is 0 Å². The zero-order valence-electron chi connectivity index (χ0n) is 7.87. The second kappa shape index (κ2) is 3.62. The van der Waals surface area contributed by atoms with Gasteiger partial charge in [-0.05, 0) is 25.1 Å². The van der Waals surface area contributed by atoms with Crippen LogP contribution in [0.15, 0.2) is 41.5 Å². The van der Waals surface area contributed by atoms with Gasteiger partial charge in [0.25, 0.3) is 0 Å². The largest absolute Gasteiger partial charge is 0.347 e. The first-order valence-corrected chi connectivity index (χ1v) is 4.52. The van der Waals surface area contributed by atoms with Crippen molar-refractivity contribution in [1.82, 2.24) is 5.32 Å². The van der Waals surface area contributed by atoms with E-state index >= 15 is 0 Å². The Balaban J connectivity index is 2.31. The lowest BCUT2D eigenvalue weighted by Gasteiger charge is -2.13. The molecule has 0 aromatic heterocycles. The van der Waals surface area contributed by atoms with Gasteiger partial charge in [-0.15, -0.1) is 0 Å². The summed E-state index contributed by atoms with van der Waals surface area (Å²) in [6.07, 6.45) is 3.78. The number of rotatable bonds is 1. The molecule has 0 aliphatic carbocycles. The van der Waals surface area contributed by atoms with Gasteiger partial charge in [0.15, 0.2) is 0 Å². The molecule has 1 aliphatic heterocycles. The third kappa shape index (κ3) is 1.82. The van der Waals surface area contributed by atoms with Crippen molar-refractivity contribution in [3.63, 3.8) is 0 Å². The summed E-state index contributed by atoms with van der Waals surface area (Å²) in [6, 6.07) is 6.55. The Kier molecular flexibility index (Phi) is 2.31. The first-order chi connectivity index (χ1) is 6.75. The summed E-state index contributed by atoms with van der Waals surface area (Å²) in [5.41, 5.74) is 0.779. The Hall–Kier alpha value is -1.64. The Morgan fingerprint density at radius 1 is 1.43 bits per heavy atom. The van der Waals surface area contributed by atoms with Gasteiger partial charge in [-0.25, -0.2) is 4.39 Å². The number of hydrogen-bond acceptors (Lipinski definition) is 2. The minimum atomic E-state index is -0.241. The molecule has 0 saturated heterocycles. The number of benzene rings is 1. The lowest BCUT2D eigenvalue weighted by Crippen LogP contribution is -2.24. The number of amidine groups is 1. The molecule has 0 radical (unpaired) electrons. The van der Waals surface area contributed by atoms with Gasteiger partial charge in [-0.3, -0.25) is 4.99 Å².